The van der Waals surface area contributed by atoms with E-state index in [1.165, 1.54) is 18.7 Å². The van der Waals surface area contributed by atoms with Gasteiger partial charge in [0.15, 0.2) is 0 Å². The molecule has 0 fully saturated rings. The summed E-state index contributed by atoms with van der Waals surface area (Å²) in [6.07, 6.45) is 4.33. The fraction of sp³-hybridized carbons (Fsp3) is 0.429. The fourth-order valence-corrected chi connectivity index (χ4v) is 1.52. The second-order valence-corrected chi connectivity index (χ2v) is 4.50. The van der Waals surface area contributed by atoms with Gasteiger partial charge in [0, 0.05) is 24.5 Å². The van der Waals surface area contributed by atoms with Gasteiger partial charge in [0.25, 0.3) is 0 Å². The van der Waals surface area contributed by atoms with Gasteiger partial charge in [-0.25, -0.2) is 27.5 Å². The highest BCUT2D eigenvalue weighted by molar-refractivity contribution is 7.89. The topological polar surface area (TPSA) is 72.0 Å². The van der Waals surface area contributed by atoms with Crippen molar-refractivity contribution in [3.63, 3.8) is 0 Å². The molecule has 14 heavy (non-hydrogen) atoms. The predicted molar refractivity (Wildman–Crippen MR) is 48.6 cm³/mol. The van der Waals surface area contributed by atoms with Gasteiger partial charge in [0.2, 0.25) is 10.0 Å². The minimum absolute atomic E-state index is 0.0865. The Balaban J connectivity index is 2.49. The molecule has 1 aromatic heterocycles. The summed E-state index contributed by atoms with van der Waals surface area (Å²) in [5, 5.41) is 0. The molecule has 0 spiro atoms. The van der Waals surface area contributed by atoms with Crippen LogP contribution in [0.4, 0.5) is 4.39 Å². The van der Waals surface area contributed by atoms with Crippen LogP contribution in [0.2, 0.25) is 0 Å². The van der Waals surface area contributed by atoms with E-state index in [1.807, 2.05) is 0 Å². The first-order valence-electron chi connectivity index (χ1n) is 3.91. The molecule has 1 N–H and O–H groups in total. The number of nitrogens with one attached hydrogen (secondary N) is 1. The third kappa shape index (κ3) is 3.75. The Morgan fingerprint density at radius 2 is 2.00 bits per heavy atom. The first-order chi connectivity index (χ1) is 6.64. The molecule has 5 nitrogen and oxygen atoms in total. The van der Waals surface area contributed by atoms with Crippen molar-refractivity contribution in [2.75, 3.05) is 12.4 Å². The summed E-state index contributed by atoms with van der Waals surface area (Å²) in [6, 6.07) is 0. The van der Waals surface area contributed by atoms with E-state index in [9.17, 15) is 12.8 Å². The van der Waals surface area contributed by atoms with Gasteiger partial charge in [-0.2, -0.15) is 0 Å². The molecule has 1 aromatic rings. The van der Waals surface area contributed by atoms with Gasteiger partial charge in [-0.1, -0.05) is 0 Å². The Labute approximate surface area is 81.4 Å². The smallest absolute Gasteiger partial charge is 0.214 e. The number of rotatable bonds is 5. The van der Waals surface area contributed by atoms with Gasteiger partial charge in [-0.05, 0) is 0 Å². The van der Waals surface area contributed by atoms with Crippen molar-refractivity contribution in [1.82, 2.24) is 14.7 Å². The quantitative estimate of drug-likeness (QED) is 0.748. The average Bonchev–Trinajstić information content (AvgIpc) is 2.17. The zero-order valence-corrected chi connectivity index (χ0v) is 8.17. The number of hydrogen-bond donors (Lipinski definition) is 1. The summed E-state index contributed by atoms with van der Waals surface area (Å²) < 4.78 is 36.0. The lowest BCUT2D eigenvalue weighted by Gasteiger charge is -2.03. The molecule has 7 heteroatoms. The van der Waals surface area contributed by atoms with Gasteiger partial charge in [-0.3, -0.25) is 0 Å². The number of aromatic nitrogens is 2. The van der Waals surface area contributed by atoms with Crippen molar-refractivity contribution in [2.24, 2.45) is 0 Å². The van der Waals surface area contributed by atoms with Crippen LogP contribution >= 0.6 is 0 Å². The lowest BCUT2D eigenvalue weighted by atomic mass is 10.4. The Kier molecular flexibility index (Phi) is 3.90. The fourth-order valence-electron chi connectivity index (χ4n) is 0.788. The minimum Gasteiger partial charge on any atom is -0.250 e. The van der Waals surface area contributed by atoms with Crippen LogP contribution < -0.4 is 4.72 Å². The van der Waals surface area contributed by atoms with Crippen LogP contribution in [-0.2, 0) is 16.6 Å². The zero-order valence-electron chi connectivity index (χ0n) is 7.35. The Bertz CT molecular complexity index is 368. The van der Waals surface area contributed by atoms with E-state index in [1.54, 1.807) is 0 Å². The Morgan fingerprint density at radius 1 is 1.36 bits per heavy atom. The van der Waals surface area contributed by atoms with Crippen molar-refractivity contribution >= 4 is 10.0 Å². The molecule has 0 aliphatic heterocycles. The molecule has 0 aromatic carbocycles. The molecule has 0 amide bonds. The molecular formula is C7H10FN3O2S. The standard InChI is InChI=1S/C7H10FN3O2S/c8-1-2-14(12,13)11-5-7-3-9-6-10-4-7/h3-4,6,11H,1-2,5H2. The zero-order chi connectivity index (χ0) is 10.4. The lowest BCUT2D eigenvalue weighted by molar-refractivity contribution is 0.513. The summed E-state index contributed by atoms with van der Waals surface area (Å²) in [6.45, 7) is -0.802. The van der Waals surface area contributed by atoms with Crippen LogP contribution in [0.5, 0.6) is 0 Å². The highest BCUT2D eigenvalue weighted by Gasteiger charge is 2.08. The molecule has 0 aliphatic rings. The molecule has 0 bridgehead atoms. The van der Waals surface area contributed by atoms with E-state index in [-0.39, 0.29) is 6.54 Å². The highest BCUT2D eigenvalue weighted by Crippen LogP contribution is 1.94. The van der Waals surface area contributed by atoms with Gasteiger partial charge < -0.3 is 0 Å². The number of hydrogen-bond acceptors (Lipinski definition) is 4. The molecule has 0 atom stereocenters. The molecule has 0 radical (unpaired) electrons. The third-order valence-corrected chi connectivity index (χ3v) is 2.73. The van der Waals surface area contributed by atoms with Gasteiger partial charge in [0.1, 0.15) is 13.0 Å². The summed E-state index contributed by atoms with van der Waals surface area (Å²) in [5.41, 5.74) is 0.634. The van der Waals surface area contributed by atoms with Crippen LogP contribution in [-0.4, -0.2) is 30.8 Å². The maximum Gasteiger partial charge on any atom is 0.214 e. The number of halogens is 1. The molecule has 0 saturated heterocycles. The number of nitrogens with zero attached hydrogens (tertiary/aromatic N) is 2. The second kappa shape index (κ2) is 4.97. The highest BCUT2D eigenvalue weighted by atomic mass is 32.2. The predicted octanol–water partition coefficient (Wildman–Crippen LogP) is -0.135. The van der Waals surface area contributed by atoms with Crippen LogP contribution in [0.3, 0.4) is 0 Å². The molecule has 0 aliphatic carbocycles. The first kappa shape index (κ1) is 11.0. The summed E-state index contributed by atoms with van der Waals surface area (Å²) in [7, 11) is -3.51. The minimum atomic E-state index is -3.51. The molecule has 1 heterocycles. The van der Waals surface area contributed by atoms with Crippen LogP contribution in [0.15, 0.2) is 18.7 Å². The lowest BCUT2D eigenvalue weighted by Crippen LogP contribution is -2.26. The van der Waals surface area contributed by atoms with Crippen LogP contribution in [0.1, 0.15) is 5.56 Å². The Hall–Kier alpha value is -1.08. The van der Waals surface area contributed by atoms with Crippen molar-refractivity contribution in [3.8, 4) is 0 Å². The van der Waals surface area contributed by atoms with Crippen molar-refractivity contribution in [1.29, 1.82) is 0 Å². The van der Waals surface area contributed by atoms with Crippen LogP contribution in [0.25, 0.3) is 0 Å². The van der Waals surface area contributed by atoms with E-state index in [0.717, 1.165) is 0 Å². The van der Waals surface area contributed by atoms with E-state index in [2.05, 4.69) is 14.7 Å². The van der Waals surface area contributed by atoms with E-state index in [4.69, 9.17) is 0 Å². The normalized spacial score (nSPS) is 11.5. The molecule has 1 rings (SSSR count). The van der Waals surface area contributed by atoms with Gasteiger partial charge in [0.05, 0.1) is 5.75 Å². The van der Waals surface area contributed by atoms with Crippen molar-refractivity contribution in [2.45, 2.75) is 6.54 Å². The number of sulfonamides is 1. The van der Waals surface area contributed by atoms with E-state index >= 15 is 0 Å². The van der Waals surface area contributed by atoms with Gasteiger partial charge >= 0.3 is 0 Å². The number of alkyl halides is 1. The van der Waals surface area contributed by atoms with Crippen LogP contribution in [0, 0.1) is 0 Å². The van der Waals surface area contributed by atoms with Gasteiger partial charge in [-0.15, -0.1) is 0 Å². The van der Waals surface area contributed by atoms with E-state index in [0.29, 0.717) is 5.56 Å². The maximum atomic E-state index is 11.8. The summed E-state index contributed by atoms with van der Waals surface area (Å²) in [5.74, 6) is -0.513. The second-order valence-electron chi connectivity index (χ2n) is 2.58. The molecular weight excluding hydrogens is 209 g/mol. The largest absolute Gasteiger partial charge is 0.250 e. The van der Waals surface area contributed by atoms with Crippen molar-refractivity contribution < 1.29 is 12.8 Å². The third-order valence-electron chi connectivity index (χ3n) is 1.46. The average molecular weight is 219 g/mol. The molecule has 0 unspecified atom stereocenters. The maximum absolute atomic E-state index is 11.8. The molecule has 0 saturated carbocycles. The summed E-state index contributed by atoms with van der Waals surface area (Å²) >= 11 is 0. The van der Waals surface area contributed by atoms with E-state index < -0.39 is 22.5 Å². The Morgan fingerprint density at radius 3 is 2.57 bits per heavy atom. The summed E-state index contributed by atoms with van der Waals surface area (Å²) in [4.78, 5) is 7.42. The SMILES string of the molecule is O=S(=O)(CCF)NCc1cncnc1. The molecule has 78 valence electrons. The monoisotopic (exact) mass is 219 g/mol. The first-order valence-corrected chi connectivity index (χ1v) is 5.56. The van der Waals surface area contributed by atoms with Crippen molar-refractivity contribution in [3.05, 3.63) is 24.3 Å².